The Bertz CT molecular complexity index is 1400. The summed E-state index contributed by atoms with van der Waals surface area (Å²) in [6, 6.07) is 12.5. The first-order valence-electron chi connectivity index (χ1n) is 10.1. The van der Waals surface area contributed by atoms with Gasteiger partial charge in [0.15, 0.2) is 5.65 Å². The van der Waals surface area contributed by atoms with Crippen LogP contribution in [0.4, 0.5) is 11.4 Å². The van der Waals surface area contributed by atoms with E-state index < -0.39 is 0 Å². The van der Waals surface area contributed by atoms with Crippen molar-refractivity contribution in [3.8, 4) is 5.75 Å². The highest BCUT2D eigenvalue weighted by Gasteiger charge is 2.16. The number of H-pyrrole nitrogens is 1. The van der Waals surface area contributed by atoms with E-state index in [1.54, 1.807) is 25.1 Å². The van der Waals surface area contributed by atoms with E-state index in [0.29, 0.717) is 34.0 Å². The summed E-state index contributed by atoms with van der Waals surface area (Å²) in [6.45, 7) is 3.18. The molecule has 0 spiro atoms. The van der Waals surface area contributed by atoms with E-state index in [1.807, 2.05) is 24.3 Å². The quantitative estimate of drug-likeness (QED) is 0.432. The van der Waals surface area contributed by atoms with Crippen LogP contribution in [0.15, 0.2) is 47.3 Å². The third kappa shape index (κ3) is 4.04. The van der Waals surface area contributed by atoms with E-state index in [0.717, 1.165) is 10.9 Å². The summed E-state index contributed by atoms with van der Waals surface area (Å²) in [5.41, 5.74) is 3.20. The maximum absolute atomic E-state index is 13.0. The molecule has 0 saturated carbocycles. The molecule has 0 aliphatic carbocycles. The molecule has 2 aromatic carbocycles. The van der Waals surface area contributed by atoms with Gasteiger partial charge in [-0.05, 0) is 43.7 Å². The van der Waals surface area contributed by atoms with Gasteiger partial charge in [0.25, 0.3) is 5.56 Å². The van der Waals surface area contributed by atoms with Crippen LogP contribution in [0.1, 0.15) is 24.6 Å². The maximum atomic E-state index is 13.0. The Hall–Kier alpha value is -4.14. The van der Waals surface area contributed by atoms with Crippen LogP contribution >= 0.6 is 0 Å². The lowest BCUT2D eigenvalue weighted by Gasteiger charge is -2.12. The van der Waals surface area contributed by atoms with Gasteiger partial charge >= 0.3 is 0 Å². The number of carbonyl (C=O) groups is 2. The number of amides is 2. The Morgan fingerprint density at radius 1 is 1.16 bits per heavy atom. The van der Waals surface area contributed by atoms with Gasteiger partial charge in [0.2, 0.25) is 11.8 Å². The number of aromatic nitrogens is 3. The molecule has 9 nitrogen and oxygen atoms in total. The van der Waals surface area contributed by atoms with Gasteiger partial charge in [-0.15, -0.1) is 0 Å². The Balaban J connectivity index is 1.55. The third-order valence-electron chi connectivity index (χ3n) is 5.18. The molecule has 0 atom stereocenters. The zero-order chi connectivity index (χ0) is 22.8. The van der Waals surface area contributed by atoms with Crippen molar-refractivity contribution in [1.82, 2.24) is 14.6 Å². The molecule has 164 valence electrons. The summed E-state index contributed by atoms with van der Waals surface area (Å²) in [5.74, 6) is -0.0445. The Labute approximate surface area is 183 Å². The zero-order valence-corrected chi connectivity index (χ0v) is 18.0. The first-order chi connectivity index (χ1) is 15.4. The monoisotopic (exact) mass is 433 g/mol. The Morgan fingerprint density at radius 3 is 2.69 bits per heavy atom. The lowest BCUT2D eigenvalue weighted by molar-refractivity contribution is -0.116. The fourth-order valence-electron chi connectivity index (χ4n) is 3.67. The van der Waals surface area contributed by atoms with Crippen molar-refractivity contribution in [3.05, 3.63) is 64.1 Å². The van der Waals surface area contributed by atoms with E-state index in [-0.39, 0.29) is 30.2 Å². The second kappa shape index (κ2) is 8.54. The first-order valence-corrected chi connectivity index (χ1v) is 10.1. The highest BCUT2D eigenvalue weighted by atomic mass is 16.5. The standard InChI is InChI=1S/C23H23N5O4/c1-13-16(23(31)28-22(24-13)17-6-4-5-7-18(17)27-28)9-11-21(30)26-19-12-15(25-14(2)29)8-10-20(19)32-3/h4-8,10,12,27H,9,11H2,1-3H3,(H,25,29)(H,26,30). The van der Waals surface area contributed by atoms with Gasteiger partial charge in [-0.2, -0.15) is 0 Å². The number of methoxy groups -OCH3 is 1. The molecule has 2 aromatic heterocycles. The molecule has 2 heterocycles. The van der Waals surface area contributed by atoms with Crippen LogP contribution in [0.2, 0.25) is 0 Å². The lowest BCUT2D eigenvalue weighted by Crippen LogP contribution is -2.23. The van der Waals surface area contributed by atoms with Gasteiger partial charge < -0.3 is 15.4 Å². The smallest absolute Gasteiger partial charge is 0.276 e. The van der Waals surface area contributed by atoms with Crippen molar-refractivity contribution in [2.75, 3.05) is 17.7 Å². The molecule has 0 fully saturated rings. The number of carbonyl (C=O) groups excluding carboxylic acids is 2. The molecule has 32 heavy (non-hydrogen) atoms. The van der Waals surface area contributed by atoms with Crippen LogP contribution in [-0.2, 0) is 16.0 Å². The number of para-hydroxylation sites is 1. The Morgan fingerprint density at radius 2 is 1.94 bits per heavy atom. The molecule has 2 amide bonds. The summed E-state index contributed by atoms with van der Waals surface area (Å²) in [6.07, 6.45) is 0.313. The number of benzene rings is 2. The number of fused-ring (bicyclic) bond motifs is 3. The summed E-state index contributed by atoms with van der Waals surface area (Å²) in [4.78, 5) is 41.6. The number of hydrogen-bond donors (Lipinski definition) is 3. The third-order valence-corrected chi connectivity index (χ3v) is 5.18. The summed E-state index contributed by atoms with van der Waals surface area (Å²) >= 11 is 0. The topological polar surface area (TPSA) is 118 Å². The fraction of sp³-hybridized carbons (Fsp3) is 0.217. The van der Waals surface area contributed by atoms with Gasteiger partial charge in [0.1, 0.15) is 5.75 Å². The van der Waals surface area contributed by atoms with E-state index in [4.69, 9.17) is 4.74 Å². The van der Waals surface area contributed by atoms with Gasteiger partial charge in [-0.1, -0.05) is 12.1 Å². The molecular formula is C23H23N5O4. The van der Waals surface area contributed by atoms with Crippen molar-refractivity contribution >= 4 is 39.7 Å². The SMILES string of the molecule is COc1ccc(NC(C)=O)cc1NC(=O)CCc1c(C)nc2c3ccccc3[nH]n2c1=O. The number of hydrogen-bond acceptors (Lipinski definition) is 5. The number of ether oxygens (including phenoxy) is 1. The molecule has 0 aliphatic heterocycles. The average molecular weight is 433 g/mol. The maximum Gasteiger partial charge on any atom is 0.276 e. The molecule has 9 heteroatoms. The second-order valence-corrected chi connectivity index (χ2v) is 7.44. The largest absolute Gasteiger partial charge is 0.495 e. The van der Waals surface area contributed by atoms with E-state index in [9.17, 15) is 14.4 Å². The minimum absolute atomic E-state index is 0.0809. The number of aryl methyl sites for hydroxylation is 1. The lowest BCUT2D eigenvalue weighted by atomic mass is 10.1. The Kier molecular flexibility index (Phi) is 5.63. The van der Waals surface area contributed by atoms with Crippen molar-refractivity contribution < 1.29 is 14.3 Å². The van der Waals surface area contributed by atoms with Crippen molar-refractivity contribution in [3.63, 3.8) is 0 Å². The molecule has 0 aliphatic rings. The number of aromatic amines is 1. The van der Waals surface area contributed by atoms with E-state index in [2.05, 4.69) is 20.7 Å². The fourth-order valence-corrected chi connectivity index (χ4v) is 3.67. The van der Waals surface area contributed by atoms with Crippen LogP contribution in [0.5, 0.6) is 5.75 Å². The van der Waals surface area contributed by atoms with Crippen molar-refractivity contribution in [2.24, 2.45) is 0 Å². The van der Waals surface area contributed by atoms with Crippen LogP contribution in [0.3, 0.4) is 0 Å². The van der Waals surface area contributed by atoms with Gasteiger partial charge in [0, 0.05) is 35.7 Å². The molecule has 4 rings (SSSR count). The summed E-state index contributed by atoms with van der Waals surface area (Å²) < 4.78 is 6.71. The van der Waals surface area contributed by atoms with Crippen molar-refractivity contribution in [2.45, 2.75) is 26.7 Å². The highest BCUT2D eigenvalue weighted by molar-refractivity contribution is 5.95. The minimum atomic E-state index is -0.288. The minimum Gasteiger partial charge on any atom is -0.495 e. The summed E-state index contributed by atoms with van der Waals surface area (Å²) in [7, 11) is 1.49. The predicted octanol–water partition coefficient (Wildman–Crippen LogP) is 3.02. The molecule has 0 saturated heterocycles. The average Bonchev–Trinajstić information content (AvgIpc) is 3.12. The van der Waals surface area contributed by atoms with Crippen molar-refractivity contribution in [1.29, 1.82) is 0 Å². The molecule has 0 bridgehead atoms. The molecule has 0 radical (unpaired) electrons. The number of anilines is 2. The number of nitrogens with zero attached hydrogens (tertiary/aromatic N) is 2. The van der Waals surface area contributed by atoms with E-state index >= 15 is 0 Å². The van der Waals surface area contributed by atoms with Crippen LogP contribution in [0.25, 0.3) is 16.6 Å². The highest BCUT2D eigenvalue weighted by Crippen LogP contribution is 2.28. The molecule has 3 N–H and O–H groups in total. The van der Waals surface area contributed by atoms with Gasteiger partial charge in [0.05, 0.1) is 18.3 Å². The second-order valence-electron chi connectivity index (χ2n) is 7.44. The number of nitrogens with one attached hydrogen (secondary N) is 3. The summed E-state index contributed by atoms with van der Waals surface area (Å²) in [5, 5.41) is 9.39. The normalized spacial score (nSPS) is 11.0. The van der Waals surface area contributed by atoms with Crippen LogP contribution in [-0.4, -0.2) is 33.5 Å². The first kappa shape index (κ1) is 21.1. The molecular weight excluding hydrogens is 410 g/mol. The van der Waals surface area contributed by atoms with E-state index in [1.165, 1.54) is 18.5 Å². The zero-order valence-electron chi connectivity index (χ0n) is 18.0. The molecule has 0 unspecified atom stereocenters. The predicted molar refractivity (Wildman–Crippen MR) is 122 cm³/mol. The van der Waals surface area contributed by atoms with Crippen LogP contribution < -0.4 is 20.9 Å². The number of rotatable bonds is 6. The van der Waals surface area contributed by atoms with Crippen LogP contribution in [0, 0.1) is 6.92 Å². The molecule has 4 aromatic rings. The van der Waals surface area contributed by atoms with Gasteiger partial charge in [-0.25, -0.2) is 9.50 Å². The van der Waals surface area contributed by atoms with Gasteiger partial charge in [-0.3, -0.25) is 19.5 Å².